The molecule has 3 N–H and O–H groups in total. The number of rotatable bonds is 9. The van der Waals surface area contributed by atoms with Gasteiger partial charge in [-0.3, -0.25) is 9.59 Å². The van der Waals surface area contributed by atoms with E-state index in [2.05, 4.69) is 31.8 Å². The maximum absolute atomic E-state index is 12.7. The van der Waals surface area contributed by atoms with E-state index in [-0.39, 0.29) is 39.7 Å². The molecule has 0 saturated carbocycles. The largest absolute Gasteiger partial charge is 0.507 e. The molecule has 2 amide bonds. The van der Waals surface area contributed by atoms with Gasteiger partial charge in [0.25, 0.3) is 0 Å². The van der Waals surface area contributed by atoms with Crippen molar-refractivity contribution < 1.29 is 27.3 Å². The number of benzene rings is 3. The topological polar surface area (TPSA) is 134 Å². The molecule has 0 fully saturated rings. The summed E-state index contributed by atoms with van der Waals surface area (Å²) in [6.45, 7) is 13.6. The third-order valence-corrected chi connectivity index (χ3v) is 8.32. The Bertz CT molecular complexity index is 1600. The Morgan fingerprint density at radius 1 is 0.953 bits per heavy atom. The number of hydrazone groups is 1. The Hall–Kier alpha value is -3.70. The molecular weight excluding hydrogens is 634 g/mol. The van der Waals surface area contributed by atoms with E-state index in [9.17, 15) is 23.1 Å². The Kier molecular flexibility index (Phi) is 10.5. The predicted molar refractivity (Wildman–Crippen MR) is 172 cm³/mol. The second kappa shape index (κ2) is 13.3. The van der Waals surface area contributed by atoms with Crippen LogP contribution in [-0.2, 0) is 37.0 Å². The van der Waals surface area contributed by atoms with Gasteiger partial charge in [0, 0.05) is 19.0 Å². The number of aromatic hydroxyl groups is 1. The van der Waals surface area contributed by atoms with Crippen LogP contribution in [0.2, 0.25) is 0 Å². The van der Waals surface area contributed by atoms with Crippen LogP contribution in [0.1, 0.15) is 77.1 Å². The number of anilines is 1. The molecule has 0 unspecified atom stereocenters. The zero-order valence-corrected chi connectivity index (χ0v) is 27.8. The molecule has 11 heteroatoms. The van der Waals surface area contributed by atoms with Crippen LogP contribution in [0.15, 0.2) is 69.1 Å². The first-order valence-corrected chi connectivity index (χ1v) is 15.9. The first kappa shape index (κ1) is 33.8. The smallest absolute Gasteiger partial charge is 0.339 e. The highest BCUT2D eigenvalue weighted by molar-refractivity contribution is 9.10. The molecule has 3 aromatic carbocycles. The van der Waals surface area contributed by atoms with Crippen LogP contribution in [0.5, 0.6) is 11.5 Å². The Morgan fingerprint density at radius 3 is 2.05 bits per heavy atom. The molecular formula is C32H38BrN3O6S. The van der Waals surface area contributed by atoms with Crippen LogP contribution in [0.3, 0.4) is 0 Å². The third kappa shape index (κ3) is 9.39. The number of halogens is 1. The average molecular weight is 673 g/mol. The van der Waals surface area contributed by atoms with Crippen LogP contribution in [0.25, 0.3) is 0 Å². The van der Waals surface area contributed by atoms with Crippen molar-refractivity contribution in [1.82, 2.24) is 5.43 Å². The third-order valence-electron chi connectivity index (χ3n) is 6.45. The lowest BCUT2D eigenvalue weighted by Crippen LogP contribution is -2.20. The zero-order chi connectivity index (χ0) is 32.2. The maximum atomic E-state index is 12.7. The lowest BCUT2D eigenvalue weighted by Gasteiger charge is -2.28. The molecule has 0 saturated heterocycles. The molecule has 230 valence electrons. The van der Waals surface area contributed by atoms with Crippen LogP contribution < -0.4 is 14.9 Å². The van der Waals surface area contributed by atoms with Crippen molar-refractivity contribution in [3.05, 3.63) is 81.3 Å². The first-order valence-electron chi connectivity index (χ1n) is 13.7. The lowest BCUT2D eigenvalue weighted by atomic mass is 9.78. The maximum Gasteiger partial charge on any atom is 0.339 e. The summed E-state index contributed by atoms with van der Waals surface area (Å²) < 4.78 is 31.1. The first-order chi connectivity index (χ1) is 19.9. The van der Waals surface area contributed by atoms with Gasteiger partial charge in [0.15, 0.2) is 5.75 Å². The van der Waals surface area contributed by atoms with Crippen molar-refractivity contribution >= 4 is 49.8 Å². The van der Waals surface area contributed by atoms with Crippen molar-refractivity contribution in [2.45, 2.75) is 77.0 Å². The van der Waals surface area contributed by atoms with Gasteiger partial charge in [0.05, 0.1) is 10.7 Å². The Labute approximate surface area is 262 Å². The number of carbonyl (C=O) groups excluding carboxylic acids is 2. The summed E-state index contributed by atoms with van der Waals surface area (Å²) in [5, 5.41) is 17.5. The molecule has 3 rings (SSSR count). The fraction of sp³-hybridized carbons (Fsp3) is 0.344. The number of phenols is 1. The number of nitrogens with zero attached hydrogens (tertiary/aromatic N) is 1. The van der Waals surface area contributed by atoms with E-state index >= 15 is 0 Å². The molecule has 0 aromatic heterocycles. The van der Waals surface area contributed by atoms with E-state index in [1.54, 1.807) is 12.1 Å². The van der Waals surface area contributed by atoms with E-state index in [1.165, 1.54) is 43.5 Å². The molecule has 0 aliphatic carbocycles. The second-order valence-corrected chi connectivity index (χ2v) is 14.7. The minimum absolute atomic E-state index is 0.0709. The van der Waals surface area contributed by atoms with Gasteiger partial charge in [0.2, 0.25) is 11.8 Å². The molecule has 0 atom stereocenters. The van der Waals surface area contributed by atoms with Crippen LogP contribution in [0.4, 0.5) is 5.69 Å². The number of phenolic OH excluding ortho intramolecular Hbond substituents is 1. The van der Waals surface area contributed by atoms with Crippen molar-refractivity contribution in [1.29, 1.82) is 0 Å². The summed E-state index contributed by atoms with van der Waals surface area (Å²) in [7, 11) is -4.12. The number of hydrogen-bond donors (Lipinski definition) is 3. The minimum Gasteiger partial charge on any atom is -0.507 e. The SMILES string of the molecule is CC(=O)Nc1ccc(S(=O)(=O)Oc2ccc(/C=N\NC(=O)CCc3cc(C(C)(C)C)c(O)c(C(C)(C)C)c3)cc2Br)cc1. The number of hydrogen-bond acceptors (Lipinski definition) is 7. The molecule has 3 aromatic rings. The molecule has 9 nitrogen and oxygen atoms in total. The minimum atomic E-state index is -4.12. The fourth-order valence-corrected chi connectivity index (χ4v) is 5.75. The van der Waals surface area contributed by atoms with Gasteiger partial charge in [-0.25, -0.2) is 5.43 Å². The molecule has 0 spiro atoms. The van der Waals surface area contributed by atoms with E-state index in [0.29, 0.717) is 27.9 Å². The van der Waals surface area contributed by atoms with E-state index < -0.39 is 10.1 Å². The summed E-state index contributed by atoms with van der Waals surface area (Å²) in [4.78, 5) is 23.6. The Balaban J connectivity index is 1.62. The highest BCUT2D eigenvalue weighted by Gasteiger charge is 2.26. The van der Waals surface area contributed by atoms with Crippen molar-refractivity contribution in [2.75, 3.05) is 5.32 Å². The summed E-state index contributed by atoms with van der Waals surface area (Å²) in [5.74, 6) is -0.161. The fourth-order valence-electron chi connectivity index (χ4n) is 4.21. The van der Waals surface area contributed by atoms with Crippen LogP contribution in [-0.4, -0.2) is 31.6 Å². The van der Waals surface area contributed by atoms with Crippen molar-refractivity contribution in [2.24, 2.45) is 5.10 Å². The van der Waals surface area contributed by atoms with E-state index in [0.717, 1.165) is 16.7 Å². The van der Waals surface area contributed by atoms with Crippen LogP contribution >= 0.6 is 15.9 Å². The molecule has 0 radical (unpaired) electrons. The molecule has 0 bridgehead atoms. The van der Waals surface area contributed by atoms with Gasteiger partial charge >= 0.3 is 10.1 Å². The number of nitrogens with one attached hydrogen (secondary N) is 2. The van der Waals surface area contributed by atoms with Gasteiger partial charge in [-0.05, 0) is 97.9 Å². The van der Waals surface area contributed by atoms with Gasteiger partial charge < -0.3 is 14.6 Å². The van der Waals surface area contributed by atoms with Gasteiger partial charge in [0.1, 0.15) is 10.6 Å². The molecule has 0 aliphatic rings. The quantitative estimate of drug-likeness (QED) is 0.134. The monoisotopic (exact) mass is 671 g/mol. The van der Waals surface area contributed by atoms with Crippen LogP contribution in [0, 0.1) is 0 Å². The zero-order valence-electron chi connectivity index (χ0n) is 25.4. The lowest BCUT2D eigenvalue weighted by molar-refractivity contribution is -0.121. The van der Waals surface area contributed by atoms with E-state index in [1.807, 2.05) is 53.7 Å². The summed E-state index contributed by atoms with van der Waals surface area (Å²) in [5.41, 5.74) is 5.73. The standard InChI is InChI=1S/C32H38BrN3O6S/c1-20(37)35-23-10-12-24(13-11-23)43(40,41)42-28-14-8-22(18-27(28)33)19-34-36-29(38)15-9-21-16-25(31(2,3)4)30(39)26(17-21)32(5,6)7/h8,10-14,16-19,39H,9,15H2,1-7H3,(H,35,37)(H,36,38)/b34-19-. The Morgan fingerprint density at radius 2 is 1.53 bits per heavy atom. The summed E-state index contributed by atoms with van der Waals surface area (Å²) in [6.07, 6.45) is 2.13. The van der Waals surface area contributed by atoms with Crippen molar-refractivity contribution in [3.63, 3.8) is 0 Å². The van der Waals surface area contributed by atoms with Gasteiger partial charge in [-0.15, -0.1) is 0 Å². The molecule has 43 heavy (non-hydrogen) atoms. The predicted octanol–water partition coefficient (Wildman–Crippen LogP) is 6.56. The average Bonchev–Trinajstić information content (AvgIpc) is 2.88. The number of aryl methyl sites for hydroxylation is 1. The normalized spacial score (nSPS) is 12.3. The van der Waals surface area contributed by atoms with Gasteiger partial charge in [-0.2, -0.15) is 13.5 Å². The molecule has 0 aliphatic heterocycles. The summed E-state index contributed by atoms with van der Waals surface area (Å²) in [6, 6.07) is 14.2. The highest BCUT2D eigenvalue weighted by Crippen LogP contribution is 2.40. The van der Waals surface area contributed by atoms with Gasteiger partial charge in [-0.1, -0.05) is 53.7 Å². The highest BCUT2D eigenvalue weighted by atomic mass is 79.9. The number of carbonyl (C=O) groups is 2. The van der Waals surface area contributed by atoms with Crippen molar-refractivity contribution in [3.8, 4) is 11.5 Å². The van der Waals surface area contributed by atoms with E-state index in [4.69, 9.17) is 4.18 Å². The summed E-state index contributed by atoms with van der Waals surface area (Å²) >= 11 is 3.32. The number of amides is 2. The second-order valence-electron chi connectivity index (χ2n) is 12.3. The molecule has 0 heterocycles.